The summed E-state index contributed by atoms with van der Waals surface area (Å²) in [6.45, 7) is 0.456. The number of nitrogens with zero attached hydrogens (tertiary/aromatic N) is 1. The molecule has 19 heavy (non-hydrogen) atoms. The van der Waals surface area contributed by atoms with Gasteiger partial charge >= 0.3 is 0 Å². The lowest BCUT2D eigenvalue weighted by molar-refractivity contribution is 0.355. The van der Waals surface area contributed by atoms with Crippen LogP contribution in [-0.4, -0.2) is 19.2 Å². The number of hydrogen-bond acceptors (Lipinski definition) is 4. The number of pyridine rings is 1. The minimum absolute atomic E-state index is 0. The zero-order chi connectivity index (χ0) is 13.0. The van der Waals surface area contributed by atoms with E-state index >= 15 is 0 Å². The Kier molecular flexibility index (Phi) is 5.60. The van der Waals surface area contributed by atoms with Crippen LogP contribution in [0.25, 0.3) is 11.3 Å². The fraction of sp³-hybridized carbons (Fsp3) is 0.214. The van der Waals surface area contributed by atoms with Crippen LogP contribution >= 0.6 is 12.4 Å². The predicted octanol–water partition coefficient (Wildman–Crippen LogP) is 2.65. The van der Waals surface area contributed by atoms with E-state index in [9.17, 15) is 0 Å². The van der Waals surface area contributed by atoms with Crippen LogP contribution in [0.4, 0.5) is 0 Å². The third kappa shape index (κ3) is 3.16. The maximum absolute atomic E-state index is 5.72. The van der Waals surface area contributed by atoms with E-state index in [0.29, 0.717) is 18.0 Å². The Morgan fingerprint density at radius 1 is 1.11 bits per heavy atom. The van der Waals surface area contributed by atoms with Gasteiger partial charge in [-0.2, -0.15) is 0 Å². The summed E-state index contributed by atoms with van der Waals surface area (Å²) in [6.07, 6.45) is 1.76. The molecule has 0 saturated carbocycles. The number of aromatic nitrogens is 1. The van der Waals surface area contributed by atoms with Gasteiger partial charge in [-0.15, -0.1) is 12.4 Å². The Balaban J connectivity index is 0.00000180. The average Bonchev–Trinajstić information content (AvgIpc) is 2.46. The molecule has 0 bridgehead atoms. The van der Waals surface area contributed by atoms with Gasteiger partial charge in [0.1, 0.15) is 0 Å². The Morgan fingerprint density at radius 2 is 1.84 bits per heavy atom. The van der Waals surface area contributed by atoms with E-state index in [1.807, 2.05) is 30.3 Å². The molecule has 1 aromatic heterocycles. The van der Waals surface area contributed by atoms with E-state index in [2.05, 4.69) is 4.98 Å². The van der Waals surface area contributed by atoms with Crippen molar-refractivity contribution in [2.45, 2.75) is 6.54 Å². The number of ether oxygens (including phenoxy) is 2. The quantitative estimate of drug-likeness (QED) is 0.935. The molecule has 2 rings (SSSR count). The standard InChI is InChI=1S/C14H16N2O2.ClH/c1-17-12-6-5-10(8-13(12)18-2)14-11(9-15)4-3-7-16-14;/h3-8H,9,15H2,1-2H3;1H. The van der Waals surface area contributed by atoms with Crippen molar-refractivity contribution in [2.24, 2.45) is 5.73 Å². The maximum Gasteiger partial charge on any atom is 0.161 e. The van der Waals surface area contributed by atoms with Crippen molar-refractivity contribution < 1.29 is 9.47 Å². The topological polar surface area (TPSA) is 57.4 Å². The summed E-state index contributed by atoms with van der Waals surface area (Å²) in [5, 5.41) is 0. The van der Waals surface area contributed by atoms with Crippen LogP contribution in [-0.2, 0) is 6.54 Å². The zero-order valence-electron chi connectivity index (χ0n) is 10.9. The highest BCUT2D eigenvalue weighted by Gasteiger charge is 2.09. The molecule has 0 aliphatic carbocycles. The molecule has 0 saturated heterocycles. The van der Waals surface area contributed by atoms with Gasteiger partial charge in [-0.25, -0.2) is 0 Å². The lowest BCUT2D eigenvalue weighted by Crippen LogP contribution is -2.00. The van der Waals surface area contributed by atoms with Crippen LogP contribution in [0.3, 0.4) is 0 Å². The van der Waals surface area contributed by atoms with Gasteiger partial charge in [-0.3, -0.25) is 4.98 Å². The highest BCUT2D eigenvalue weighted by Crippen LogP contribution is 2.32. The molecule has 1 heterocycles. The minimum atomic E-state index is 0. The lowest BCUT2D eigenvalue weighted by atomic mass is 10.1. The van der Waals surface area contributed by atoms with Crippen LogP contribution in [0, 0.1) is 0 Å². The normalized spacial score (nSPS) is 9.63. The van der Waals surface area contributed by atoms with Crippen LogP contribution in [0.5, 0.6) is 11.5 Å². The SMILES string of the molecule is COc1ccc(-c2ncccc2CN)cc1OC.Cl. The molecule has 0 unspecified atom stereocenters. The number of benzene rings is 1. The third-order valence-electron chi connectivity index (χ3n) is 2.77. The van der Waals surface area contributed by atoms with Crippen LogP contribution in [0.2, 0.25) is 0 Å². The van der Waals surface area contributed by atoms with Gasteiger partial charge in [-0.1, -0.05) is 6.07 Å². The summed E-state index contributed by atoms with van der Waals surface area (Å²) >= 11 is 0. The van der Waals surface area contributed by atoms with E-state index in [0.717, 1.165) is 16.8 Å². The van der Waals surface area contributed by atoms with Crippen molar-refractivity contribution in [1.82, 2.24) is 4.98 Å². The highest BCUT2D eigenvalue weighted by atomic mass is 35.5. The van der Waals surface area contributed by atoms with Crippen molar-refractivity contribution in [2.75, 3.05) is 14.2 Å². The molecular weight excluding hydrogens is 264 g/mol. The Morgan fingerprint density at radius 3 is 2.47 bits per heavy atom. The number of hydrogen-bond donors (Lipinski definition) is 1. The summed E-state index contributed by atoms with van der Waals surface area (Å²) in [7, 11) is 3.23. The molecule has 0 radical (unpaired) electrons. The van der Waals surface area contributed by atoms with E-state index in [1.165, 1.54) is 0 Å². The van der Waals surface area contributed by atoms with Gasteiger partial charge in [0.25, 0.3) is 0 Å². The first-order valence-electron chi connectivity index (χ1n) is 5.66. The summed E-state index contributed by atoms with van der Waals surface area (Å²) < 4.78 is 10.5. The predicted molar refractivity (Wildman–Crippen MR) is 77.9 cm³/mol. The molecule has 5 heteroatoms. The second-order valence-electron chi connectivity index (χ2n) is 3.79. The second kappa shape index (κ2) is 6.97. The summed E-state index contributed by atoms with van der Waals surface area (Å²) in [4.78, 5) is 4.37. The molecule has 1 aromatic carbocycles. The largest absolute Gasteiger partial charge is 0.493 e. The maximum atomic E-state index is 5.72. The van der Waals surface area contributed by atoms with Crippen molar-refractivity contribution >= 4 is 12.4 Å². The number of rotatable bonds is 4. The van der Waals surface area contributed by atoms with Gasteiger partial charge in [0.2, 0.25) is 0 Å². The lowest BCUT2D eigenvalue weighted by Gasteiger charge is -2.11. The third-order valence-corrected chi connectivity index (χ3v) is 2.77. The van der Waals surface area contributed by atoms with E-state index < -0.39 is 0 Å². The van der Waals surface area contributed by atoms with Crippen molar-refractivity contribution in [3.8, 4) is 22.8 Å². The molecule has 0 fully saturated rings. The minimum Gasteiger partial charge on any atom is -0.493 e. The van der Waals surface area contributed by atoms with Crippen molar-refractivity contribution in [3.05, 3.63) is 42.1 Å². The molecule has 102 valence electrons. The first-order valence-corrected chi connectivity index (χ1v) is 5.66. The fourth-order valence-corrected chi connectivity index (χ4v) is 1.85. The van der Waals surface area contributed by atoms with Crippen molar-refractivity contribution in [1.29, 1.82) is 0 Å². The van der Waals surface area contributed by atoms with Gasteiger partial charge in [0.05, 0.1) is 19.9 Å². The number of methoxy groups -OCH3 is 2. The number of halogens is 1. The summed E-state index contributed by atoms with van der Waals surface area (Å²) in [5.41, 5.74) is 8.57. The number of nitrogens with two attached hydrogens (primary N) is 1. The molecule has 0 atom stereocenters. The molecular formula is C14H17ClN2O2. The Labute approximate surface area is 119 Å². The zero-order valence-corrected chi connectivity index (χ0v) is 11.7. The van der Waals surface area contributed by atoms with Gasteiger partial charge in [-0.05, 0) is 29.8 Å². The van der Waals surface area contributed by atoms with Gasteiger partial charge < -0.3 is 15.2 Å². The first-order chi connectivity index (χ1) is 8.80. The molecule has 0 amide bonds. The van der Waals surface area contributed by atoms with E-state index in [-0.39, 0.29) is 12.4 Å². The van der Waals surface area contributed by atoms with Crippen molar-refractivity contribution in [3.63, 3.8) is 0 Å². The molecule has 0 spiro atoms. The molecule has 2 aromatic rings. The van der Waals surface area contributed by atoms with Crippen LogP contribution in [0.15, 0.2) is 36.5 Å². The molecule has 0 aliphatic rings. The van der Waals surface area contributed by atoms with Gasteiger partial charge in [0.15, 0.2) is 11.5 Å². The Bertz CT molecular complexity index is 547. The van der Waals surface area contributed by atoms with Gasteiger partial charge in [0, 0.05) is 18.3 Å². The Hall–Kier alpha value is -1.78. The molecule has 4 nitrogen and oxygen atoms in total. The summed E-state index contributed by atoms with van der Waals surface area (Å²) in [6, 6.07) is 9.57. The monoisotopic (exact) mass is 280 g/mol. The van der Waals surface area contributed by atoms with E-state index in [4.69, 9.17) is 15.2 Å². The summed E-state index contributed by atoms with van der Waals surface area (Å²) in [5.74, 6) is 1.38. The van der Waals surface area contributed by atoms with Crippen LogP contribution in [0.1, 0.15) is 5.56 Å². The first kappa shape index (κ1) is 15.3. The molecule has 0 aliphatic heterocycles. The fourth-order valence-electron chi connectivity index (χ4n) is 1.85. The second-order valence-corrected chi connectivity index (χ2v) is 3.79. The highest BCUT2D eigenvalue weighted by molar-refractivity contribution is 5.85. The van der Waals surface area contributed by atoms with Crippen LogP contribution < -0.4 is 15.2 Å². The average molecular weight is 281 g/mol. The van der Waals surface area contributed by atoms with E-state index in [1.54, 1.807) is 20.4 Å². The molecule has 2 N–H and O–H groups in total. The smallest absolute Gasteiger partial charge is 0.161 e.